The van der Waals surface area contributed by atoms with Crippen LogP contribution in [0.3, 0.4) is 0 Å². The van der Waals surface area contributed by atoms with Crippen molar-refractivity contribution in [2.24, 2.45) is 0 Å². The van der Waals surface area contributed by atoms with Gasteiger partial charge in [0, 0.05) is 6.04 Å². The molecule has 1 N–H and O–H groups in total. The summed E-state index contributed by atoms with van der Waals surface area (Å²) in [5.74, 6) is 0. The Morgan fingerprint density at radius 3 is 2.82 bits per heavy atom. The van der Waals surface area contributed by atoms with E-state index >= 15 is 0 Å². The SMILES string of the molecule is CC(C)NC(=O)N1CCCO1. The van der Waals surface area contributed by atoms with E-state index in [-0.39, 0.29) is 12.1 Å². The summed E-state index contributed by atoms with van der Waals surface area (Å²) in [6, 6.07) is 0.0456. The summed E-state index contributed by atoms with van der Waals surface area (Å²) in [4.78, 5) is 16.2. The summed E-state index contributed by atoms with van der Waals surface area (Å²) in [5, 5.41) is 4.12. The van der Waals surface area contributed by atoms with Crippen LogP contribution in [0, 0.1) is 0 Å². The van der Waals surface area contributed by atoms with Crippen molar-refractivity contribution in [1.29, 1.82) is 0 Å². The van der Waals surface area contributed by atoms with Crippen molar-refractivity contribution in [1.82, 2.24) is 10.4 Å². The zero-order valence-corrected chi connectivity index (χ0v) is 6.96. The second-order valence-electron chi connectivity index (χ2n) is 2.89. The van der Waals surface area contributed by atoms with Crippen LogP contribution in [-0.4, -0.2) is 30.3 Å². The quantitative estimate of drug-likeness (QED) is 0.611. The van der Waals surface area contributed by atoms with Gasteiger partial charge in [-0.3, -0.25) is 4.84 Å². The number of nitrogens with zero attached hydrogens (tertiary/aromatic N) is 1. The van der Waals surface area contributed by atoms with E-state index < -0.39 is 0 Å². The normalized spacial score (nSPS) is 17.5. The first kappa shape index (κ1) is 8.33. The number of hydroxylamine groups is 2. The number of urea groups is 1. The molecule has 4 heteroatoms. The lowest BCUT2D eigenvalue weighted by Gasteiger charge is -2.16. The number of rotatable bonds is 1. The van der Waals surface area contributed by atoms with Gasteiger partial charge in [-0.25, -0.2) is 9.86 Å². The first-order valence-electron chi connectivity index (χ1n) is 3.91. The molecule has 0 unspecified atom stereocenters. The largest absolute Gasteiger partial charge is 0.341 e. The Hall–Kier alpha value is -0.770. The molecule has 0 atom stereocenters. The number of nitrogens with one attached hydrogen (secondary N) is 1. The van der Waals surface area contributed by atoms with E-state index in [4.69, 9.17) is 4.84 Å². The molecule has 0 aliphatic carbocycles. The minimum absolute atomic E-state index is 0.127. The van der Waals surface area contributed by atoms with E-state index in [0.29, 0.717) is 13.2 Å². The van der Waals surface area contributed by atoms with E-state index in [1.54, 1.807) is 0 Å². The zero-order chi connectivity index (χ0) is 8.27. The molecule has 0 aromatic rings. The van der Waals surface area contributed by atoms with Gasteiger partial charge in [0.2, 0.25) is 0 Å². The number of amides is 2. The third-order valence-electron chi connectivity index (χ3n) is 1.39. The summed E-state index contributed by atoms with van der Waals surface area (Å²) < 4.78 is 0. The molecule has 2 amide bonds. The lowest BCUT2D eigenvalue weighted by atomic mass is 10.4. The van der Waals surface area contributed by atoms with Crippen LogP contribution in [0.15, 0.2) is 0 Å². The van der Waals surface area contributed by atoms with Gasteiger partial charge in [0.1, 0.15) is 0 Å². The number of hydrogen-bond donors (Lipinski definition) is 1. The summed E-state index contributed by atoms with van der Waals surface area (Å²) in [5.41, 5.74) is 0. The first-order valence-corrected chi connectivity index (χ1v) is 3.91. The summed E-state index contributed by atoms with van der Waals surface area (Å²) in [6.07, 6.45) is 0.936. The Kier molecular flexibility index (Phi) is 2.70. The second-order valence-corrected chi connectivity index (χ2v) is 2.89. The molecule has 1 aliphatic heterocycles. The van der Waals surface area contributed by atoms with Crippen LogP contribution in [0.4, 0.5) is 4.79 Å². The minimum Gasteiger partial charge on any atom is -0.334 e. The molecule has 0 bridgehead atoms. The van der Waals surface area contributed by atoms with E-state index in [1.165, 1.54) is 5.06 Å². The fraction of sp³-hybridized carbons (Fsp3) is 0.857. The van der Waals surface area contributed by atoms with Crippen LogP contribution in [0.5, 0.6) is 0 Å². The van der Waals surface area contributed by atoms with Crippen LogP contribution >= 0.6 is 0 Å². The molecule has 1 fully saturated rings. The highest BCUT2D eigenvalue weighted by atomic mass is 16.7. The third kappa shape index (κ3) is 2.38. The van der Waals surface area contributed by atoms with Gasteiger partial charge in [-0.1, -0.05) is 0 Å². The summed E-state index contributed by atoms with van der Waals surface area (Å²) >= 11 is 0. The molecule has 1 rings (SSSR count). The molecular weight excluding hydrogens is 144 g/mol. The van der Waals surface area contributed by atoms with Crippen molar-refractivity contribution in [3.05, 3.63) is 0 Å². The molecular formula is C7H14N2O2. The van der Waals surface area contributed by atoms with E-state index in [1.807, 2.05) is 13.8 Å². The molecule has 64 valence electrons. The predicted octanol–water partition coefficient (Wildman–Crippen LogP) is 0.742. The van der Waals surface area contributed by atoms with Crippen LogP contribution in [0.25, 0.3) is 0 Å². The summed E-state index contributed by atoms with van der Waals surface area (Å²) in [7, 11) is 0. The number of carbonyl (C=O) groups excluding carboxylic acids is 1. The number of carbonyl (C=O) groups is 1. The molecule has 0 aromatic carbocycles. The molecule has 1 heterocycles. The topological polar surface area (TPSA) is 41.6 Å². The Balaban J connectivity index is 2.28. The average molecular weight is 158 g/mol. The predicted molar refractivity (Wildman–Crippen MR) is 40.9 cm³/mol. The van der Waals surface area contributed by atoms with Crippen molar-refractivity contribution in [3.63, 3.8) is 0 Å². The van der Waals surface area contributed by atoms with Crippen molar-refractivity contribution in [2.75, 3.05) is 13.2 Å². The molecule has 0 radical (unpaired) electrons. The van der Waals surface area contributed by atoms with Crippen molar-refractivity contribution in [3.8, 4) is 0 Å². The maximum atomic E-state index is 11.1. The van der Waals surface area contributed by atoms with Crippen LogP contribution < -0.4 is 5.32 Å². The molecule has 0 aromatic heterocycles. The van der Waals surface area contributed by atoms with Crippen molar-refractivity contribution < 1.29 is 9.63 Å². The first-order chi connectivity index (χ1) is 5.20. The molecule has 11 heavy (non-hydrogen) atoms. The Morgan fingerprint density at radius 1 is 1.64 bits per heavy atom. The van der Waals surface area contributed by atoms with Gasteiger partial charge in [-0.05, 0) is 20.3 Å². The Labute approximate surface area is 66.5 Å². The minimum atomic E-state index is -0.127. The standard InChI is InChI=1S/C7H14N2O2/c1-6(2)8-7(10)9-4-3-5-11-9/h6H,3-5H2,1-2H3,(H,8,10). The zero-order valence-electron chi connectivity index (χ0n) is 6.96. The van der Waals surface area contributed by atoms with Crippen LogP contribution in [-0.2, 0) is 4.84 Å². The Morgan fingerprint density at radius 2 is 2.36 bits per heavy atom. The van der Waals surface area contributed by atoms with Crippen molar-refractivity contribution in [2.45, 2.75) is 26.3 Å². The fourth-order valence-electron chi connectivity index (χ4n) is 0.927. The maximum Gasteiger partial charge on any atom is 0.341 e. The monoisotopic (exact) mass is 158 g/mol. The number of hydrogen-bond acceptors (Lipinski definition) is 2. The van der Waals surface area contributed by atoms with Gasteiger partial charge in [0.05, 0.1) is 13.2 Å². The van der Waals surface area contributed by atoms with Gasteiger partial charge < -0.3 is 5.32 Å². The lowest BCUT2D eigenvalue weighted by molar-refractivity contribution is -0.0667. The molecule has 1 aliphatic rings. The lowest BCUT2D eigenvalue weighted by Crippen LogP contribution is -2.40. The van der Waals surface area contributed by atoms with Gasteiger partial charge >= 0.3 is 6.03 Å². The molecule has 4 nitrogen and oxygen atoms in total. The van der Waals surface area contributed by atoms with Gasteiger partial charge in [-0.2, -0.15) is 0 Å². The molecule has 0 spiro atoms. The maximum absolute atomic E-state index is 11.1. The van der Waals surface area contributed by atoms with Crippen molar-refractivity contribution >= 4 is 6.03 Å². The highest BCUT2D eigenvalue weighted by molar-refractivity contribution is 5.73. The summed E-state index contributed by atoms with van der Waals surface area (Å²) in [6.45, 7) is 5.21. The van der Waals surface area contributed by atoms with Gasteiger partial charge in [0.25, 0.3) is 0 Å². The molecule has 0 saturated carbocycles. The van der Waals surface area contributed by atoms with Gasteiger partial charge in [0.15, 0.2) is 0 Å². The highest BCUT2D eigenvalue weighted by Crippen LogP contribution is 2.03. The Bertz CT molecular complexity index is 141. The van der Waals surface area contributed by atoms with E-state index in [2.05, 4.69) is 5.32 Å². The van der Waals surface area contributed by atoms with Crippen LogP contribution in [0.2, 0.25) is 0 Å². The second kappa shape index (κ2) is 3.57. The molecule has 1 saturated heterocycles. The van der Waals surface area contributed by atoms with Gasteiger partial charge in [-0.15, -0.1) is 0 Å². The van der Waals surface area contributed by atoms with Crippen LogP contribution in [0.1, 0.15) is 20.3 Å². The highest BCUT2D eigenvalue weighted by Gasteiger charge is 2.18. The third-order valence-corrected chi connectivity index (χ3v) is 1.39. The average Bonchev–Trinajstić information content (AvgIpc) is 2.35. The van der Waals surface area contributed by atoms with E-state index in [0.717, 1.165) is 6.42 Å². The fourth-order valence-corrected chi connectivity index (χ4v) is 0.927. The van der Waals surface area contributed by atoms with E-state index in [9.17, 15) is 4.79 Å². The smallest absolute Gasteiger partial charge is 0.334 e.